The minimum Gasteiger partial charge on any atom is -0.496 e. The van der Waals surface area contributed by atoms with Crippen molar-refractivity contribution in [2.24, 2.45) is 5.92 Å². The summed E-state index contributed by atoms with van der Waals surface area (Å²) >= 11 is 6.01. The molecular formula is C25H24ClN3O5S. The van der Waals surface area contributed by atoms with E-state index in [0.29, 0.717) is 36.1 Å². The van der Waals surface area contributed by atoms with Gasteiger partial charge in [0.2, 0.25) is 10.0 Å². The van der Waals surface area contributed by atoms with Gasteiger partial charge in [-0.05, 0) is 60.9 Å². The second kappa shape index (κ2) is 9.14. The molecule has 1 fully saturated rings. The summed E-state index contributed by atoms with van der Waals surface area (Å²) in [4.78, 5) is 25.1. The highest BCUT2D eigenvalue weighted by molar-refractivity contribution is 7.89. The first kappa shape index (κ1) is 23.6. The number of piperidine rings is 1. The van der Waals surface area contributed by atoms with Crippen LogP contribution in [0.3, 0.4) is 0 Å². The van der Waals surface area contributed by atoms with E-state index in [1.165, 1.54) is 29.6 Å². The van der Waals surface area contributed by atoms with Crippen molar-refractivity contribution >= 4 is 33.2 Å². The number of aromatic nitrogens is 1. The summed E-state index contributed by atoms with van der Waals surface area (Å²) in [7, 11) is -2.27. The van der Waals surface area contributed by atoms with Crippen LogP contribution in [-0.4, -0.2) is 43.4 Å². The SMILES string of the molecule is COc1ccc(Cl)cc1C(=O)Nc1ccc(S(=O)(=O)N2CC3CC(C2)c2cccc(=O)n2C3)cc1. The molecule has 8 nitrogen and oxygen atoms in total. The van der Waals surface area contributed by atoms with Crippen molar-refractivity contribution in [1.82, 2.24) is 8.87 Å². The Bertz CT molecular complexity index is 1450. The number of pyridine rings is 1. The largest absolute Gasteiger partial charge is 0.496 e. The molecule has 0 aliphatic carbocycles. The number of hydrogen-bond acceptors (Lipinski definition) is 5. The molecule has 3 heterocycles. The van der Waals surface area contributed by atoms with Crippen molar-refractivity contribution in [3.63, 3.8) is 0 Å². The van der Waals surface area contributed by atoms with E-state index in [2.05, 4.69) is 5.32 Å². The van der Waals surface area contributed by atoms with Crippen LogP contribution in [0.1, 0.15) is 28.4 Å². The second-order valence-electron chi connectivity index (χ2n) is 8.84. The smallest absolute Gasteiger partial charge is 0.259 e. The lowest BCUT2D eigenvalue weighted by Gasteiger charge is -2.42. The van der Waals surface area contributed by atoms with Gasteiger partial charge in [0, 0.05) is 48.0 Å². The monoisotopic (exact) mass is 513 g/mol. The van der Waals surface area contributed by atoms with Gasteiger partial charge in [-0.25, -0.2) is 8.42 Å². The number of carbonyl (C=O) groups excluding carboxylic acids is 1. The molecule has 1 aromatic heterocycles. The predicted octanol–water partition coefficient (Wildman–Crippen LogP) is 3.57. The summed E-state index contributed by atoms with van der Waals surface area (Å²) < 4.78 is 35.3. The molecule has 3 aromatic rings. The molecular weight excluding hydrogens is 490 g/mol. The average Bonchev–Trinajstić information content (AvgIpc) is 2.85. The van der Waals surface area contributed by atoms with Crippen LogP contribution in [0.4, 0.5) is 5.69 Å². The summed E-state index contributed by atoms with van der Waals surface area (Å²) in [5, 5.41) is 3.15. The van der Waals surface area contributed by atoms with Crippen LogP contribution >= 0.6 is 11.6 Å². The second-order valence-corrected chi connectivity index (χ2v) is 11.2. The Balaban J connectivity index is 1.34. The average molecular weight is 514 g/mol. The number of amides is 1. The molecule has 2 atom stereocenters. The molecule has 2 bridgehead atoms. The third kappa shape index (κ3) is 4.47. The first-order valence-electron chi connectivity index (χ1n) is 11.2. The van der Waals surface area contributed by atoms with Crippen molar-refractivity contribution in [3.8, 4) is 5.75 Å². The van der Waals surface area contributed by atoms with Crippen LogP contribution in [0.15, 0.2) is 70.4 Å². The first-order chi connectivity index (χ1) is 16.8. The first-order valence-corrected chi connectivity index (χ1v) is 13.0. The molecule has 10 heteroatoms. The molecule has 35 heavy (non-hydrogen) atoms. The summed E-state index contributed by atoms with van der Waals surface area (Å²) in [6.07, 6.45) is 0.868. The van der Waals surface area contributed by atoms with Crippen molar-refractivity contribution in [2.45, 2.75) is 23.8 Å². The molecule has 1 saturated heterocycles. The lowest BCUT2D eigenvalue weighted by molar-refractivity contribution is 0.102. The lowest BCUT2D eigenvalue weighted by Crippen LogP contribution is -2.48. The van der Waals surface area contributed by atoms with E-state index >= 15 is 0 Å². The fourth-order valence-corrected chi connectivity index (χ4v) is 6.70. The number of carbonyl (C=O) groups is 1. The van der Waals surface area contributed by atoms with Gasteiger partial charge < -0.3 is 14.6 Å². The number of fused-ring (bicyclic) bond motifs is 4. The van der Waals surface area contributed by atoms with Gasteiger partial charge in [-0.3, -0.25) is 9.59 Å². The summed E-state index contributed by atoms with van der Waals surface area (Å²) in [6, 6.07) is 16.0. The number of methoxy groups -OCH3 is 1. The number of rotatable bonds is 5. The molecule has 2 unspecified atom stereocenters. The third-order valence-electron chi connectivity index (χ3n) is 6.60. The molecule has 5 rings (SSSR count). The lowest BCUT2D eigenvalue weighted by atomic mass is 9.84. The van der Waals surface area contributed by atoms with Gasteiger partial charge in [0.25, 0.3) is 11.5 Å². The van der Waals surface area contributed by atoms with Crippen molar-refractivity contribution in [3.05, 3.63) is 87.3 Å². The number of ether oxygens (including phenoxy) is 1. The highest BCUT2D eigenvalue weighted by Gasteiger charge is 2.39. The molecule has 2 aliphatic heterocycles. The van der Waals surface area contributed by atoms with E-state index in [-0.39, 0.29) is 27.9 Å². The highest BCUT2D eigenvalue weighted by Crippen LogP contribution is 2.37. The standard InChI is InChI=1S/C25H24ClN3O5S/c1-34-23-10-5-18(26)12-21(23)25(31)27-19-6-8-20(9-7-19)35(32,33)28-13-16-11-17(15-28)22-3-2-4-24(30)29(22)14-16/h2-10,12,16-17H,11,13-15H2,1H3,(H,27,31). The molecule has 0 spiro atoms. The van der Waals surface area contributed by atoms with E-state index in [4.69, 9.17) is 16.3 Å². The van der Waals surface area contributed by atoms with E-state index in [1.54, 1.807) is 41.0 Å². The number of benzene rings is 2. The molecule has 182 valence electrons. The van der Waals surface area contributed by atoms with Crippen LogP contribution < -0.4 is 15.6 Å². The number of nitrogens with zero attached hydrogens (tertiary/aromatic N) is 2. The zero-order chi connectivity index (χ0) is 24.7. The number of nitrogens with one attached hydrogen (secondary N) is 1. The maximum absolute atomic E-state index is 13.4. The fraction of sp³-hybridized carbons (Fsp3) is 0.280. The van der Waals surface area contributed by atoms with Gasteiger partial charge in [0.05, 0.1) is 17.6 Å². The molecule has 2 aromatic carbocycles. The minimum atomic E-state index is -3.73. The van der Waals surface area contributed by atoms with Gasteiger partial charge in [-0.1, -0.05) is 17.7 Å². The number of sulfonamides is 1. The van der Waals surface area contributed by atoms with Crippen molar-refractivity contribution in [1.29, 1.82) is 0 Å². The Labute approximate surface area is 208 Å². The molecule has 1 amide bonds. The zero-order valence-corrected chi connectivity index (χ0v) is 20.6. The van der Waals surface area contributed by atoms with Gasteiger partial charge in [0.15, 0.2) is 0 Å². The van der Waals surface area contributed by atoms with Gasteiger partial charge in [0.1, 0.15) is 5.75 Å². The minimum absolute atomic E-state index is 0.0163. The summed E-state index contributed by atoms with van der Waals surface area (Å²) in [5.74, 6) is 0.0306. The molecule has 0 radical (unpaired) electrons. The predicted molar refractivity (Wildman–Crippen MR) is 133 cm³/mol. The number of anilines is 1. The van der Waals surface area contributed by atoms with E-state index < -0.39 is 15.9 Å². The maximum atomic E-state index is 13.4. The zero-order valence-electron chi connectivity index (χ0n) is 19.0. The number of hydrogen-bond donors (Lipinski definition) is 1. The van der Waals surface area contributed by atoms with E-state index in [9.17, 15) is 18.0 Å². The quantitative estimate of drug-likeness (QED) is 0.562. The normalized spacial score (nSPS) is 19.6. The Kier molecular flexibility index (Phi) is 6.16. The Hall–Kier alpha value is -3.14. The van der Waals surface area contributed by atoms with Crippen LogP contribution in [0.2, 0.25) is 5.02 Å². The summed E-state index contributed by atoms with van der Waals surface area (Å²) in [5.41, 5.74) is 1.57. The Morgan fingerprint density at radius 3 is 2.57 bits per heavy atom. The van der Waals surface area contributed by atoms with Gasteiger partial charge >= 0.3 is 0 Å². The van der Waals surface area contributed by atoms with Gasteiger partial charge in [-0.2, -0.15) is 4.31 Å². The summed E-state index contributed by atoms with van der Waals surface area (Å²) in [6.45, 7) is 1.22. The third-order valence-corrected chi connectivity index (χ3v) is 8.68. The molecule has 2 aliphatic rings. The van der Waals surface area contributed by atoms with Crippen LogP contribution in [0, 0.1) is 5.92 Å². The molecule has 1 N–H and O–H groups in total. The van der Waals surface area contributed by atoms with Crippen molar-refractivity contribution in [2.75, 3.05) is 25.5 Å². The van der Waals surface area contributed by atoms with Gasteiger partial charge in [-0.15, -0.1) is 0 Å². The van der Waals surface area contributed by atoms with E-state index in [0.717, 1.165) is 12.1 Å². The van der Waals surface area contributed by atoms with Crippen LogP contribution in [0.5, 0.6) is 5.75 Å². The fourth-order valence-electron chi connectivity index (χ4n) is 4.96. The highest BCUT2D eigenvalue weighted by atomic mass is 35.5. The van der Waals surface area contributed by atoms with E-state index in [1.807, 2.05) is 6.07 Å². The Morgan fingerprint density at radius 2 is 1.83 bits per heavy atom. The Morgan fingerprint density at radius 1 is 1.06 bits per heavy atom. The van der Waals surface area contributed by atoms with Crippen LogP contribution in [-0.2, 0) is 16.6 Å². The molecule has 0 saturated carbocycles. The topological polar surface area (TPSA) is 97.7 Å². The van der Waals surface area contributed by atoms with Crippen molar-refractivity contribution < 1.29 is 17.9 Å². The van der Waals surface area contributed by atoms with Crippen LogP contribution in [0.25, 0.3) is 0 Å². The number of halogens is 1. The maximum Gasteiger partial charge on any atom is 0.259 e.